The van der Waals surface area contributed by atoms with E-state index in [1.54, 1.807) is 23.1 Å². The molecule has 0 aliphatic carbocycles. The highest BCUT2D eigenvalue weighted by atomic mass is 35.5. The molecule has 31 heavy (non-hydrogen) atoms. The number of fused-ring (bicyclic) bond motifs is 1. The van der Waals surface area contributed by atoms with Gasteiger partial charge in [0.15, 0.2) is 11.7 Å². The number of aromatic nitrogens is 2. The van der Waals surface area contributed by atoms with E-state index in [1.807, 2.05) is 13.8 Å². The fraction of sp³-hybridized carbons (Fsp3) is 0.524. The van der Waals surface area contributed by atoms with E-state index in [0.717, 1.165) is 23.9 Å². The number of hydrogen-bond acceptors (Lipinski definition) is 3. The molecule has 0 radical (unpaired) electrons. The van der Waals surface area contributed by atoms with Crippen LogP contribution in [0.25, 0.3) is 0 Å². The molecule has 1 N–H and O–H groups in total. The van der Waals surface area contributed by atoms with Gasteiger partial charge in [0.1, 0.15) is 5.82 Å². The van der Waals surface area contributed by atoms with Crippen LogP contribution in [-0.2, 0) is 0 Å². The average Bonchev–Trinajstić information content (AvgIpc) is 3.12. The van der Waals surface area contributed by atoms with E-state index in [1.165, 1.54) is 6.07 Å². The first-order valence-electron chi connectivity index (χ1n) is 10.3. The highest BCUT2D eigenvalue weighted by Gasteiger charge is 2.47. The van der Waals surface area contributed by atoms with Crippen LogP contribution in [0.15, 0.2) is 24.3 Å². The number of hydrogen-bond donors (Lipinski definition) is 1. The van der Waals surface area contributed by atoms with Crippen LogP contribution in [0.1, 0.15) is 67.7 Å². The van der Waals surface area contributed by atoms with Crippen molar-refractivity contribution in [3.8, 4) is 0 Å². The monoisotopic (exact) mass is 474 g/mol. The van der Waals surface area contributed by atoms with E-state index in [9.17, 15) is 18.0 Å². The summed E-state index contributed by atoms with van der Waals surface area (Å²) in [5.41, 5.74) is 0.606. The minimum absolute atomic E-state index is 0.0188. The first kappa shape index (κ1) is 22.3. The molecule has 4 atom stereocenters. The lowest BCUT2D eigenvalue weighted by Gasteiger charge is -2.38. The molecule has 1 aromatic carbocycles. The van der Waals surface area contributed by atoms with Gasteiger partial charge in [0.05, 0.1) is 16.1 Å². The zero-order chi connectivity index (χ0) is 22.5. The number of likely N-dealkylation sites (tertiary alicyclic amines) is 1. The highest BCUT2D eigenvalue weighted by molar-refractivity contribution is 6.42. The molecule has 0 bridgehead atoms. The van der Waals surface area contributed by atoms with Gasteiger partial charge in [-0.15, -0.1) is 0 Å². The van der Waals surface area contributed by atoms with Gasteiger partial charge in [-0.2, -0.15) is 18.3 Å². The Balaban J connectivity index is 1.69. The number of anilines is 1. The third-order valence-electron chi connectivity index (χ3n) is 6.18. The normalized spacial score (nSPS) is 26.4. The van der Waals surface area contributed by atoms with Gasteiger partial charge in [0, 0.05) is 24.6 Å². The van der Waals surface area contributed by atoms with Crippen molar-refractivity contribution in [2.45, 2.75) is 69.9 Å². The molecule has 1 aromatic heterocycles. The maximum atomic E-state index is 13.9. The number of rotatable bonds is 2. The van der Waals surface area contributed by atoms with Crippen LogP contribution in [-0.4, -0.2) is 38.8 Å². The number of carbonyl (C=O) groups excluding carboxylic acids is 1. The predicted molar refractivity (Wildman–Crippen MR) is 114 cm³/mol. The minimum Gasteiger partial charge on any atom is -0.363 e. The standard InChI is InChI=1S/C21H23Cl2F3N4O/c1-11-4-3-5-12(2)29(11)20(31)17-10-19-27-16(13-6-7-14(22)15(23)8-13)9-18(21(24,25)26)30(19)28-17/h6-8,10-12,16,18,27H,3-5,9H2,1-2H3/t11-,12+,16-,18-/m0/s1. The summed E-state index contributed by atoms with van der Waals surface area (Å²) in [5.74, 6) is -0.180. The molecule has 0 spiro atoms. The van der Waals surface area contributed by atoms with E-state index in [0.29, 0.717) is 10.6 Å². The Labute approximate surface area is 188 Å². The Morgan fingerprint density at radius 2 is 1.81 bits per heavy atom. The van der Waals surface area contributed by atoms with Crippen molar-refractivity contribution in [3.63, 3.8) is 0 Å². The lowest BCUT2D eigenvalue weighted by Crippen LogP contribution is -2.47. The number of piperidine rings is 1. The van der Waals surface area contributed by atoms with Crippen LogP contribution in [0.2, 0.25) is 10.0 Å². The molecular weight excluding hydrogens is 452 g/mol. The number of halogens is 5. The number of nitrogens with one attached hydrogen (secondary N) is 1. The quantitative estimate of drug-likeness (QED) is 0.559. The van der Waals surface area contributed by atoms with Crippen LogP contribution < -0.4 is 5.32 Å². The highest BCUT2D eigenvalue weighted by Crippen LogP contribution is 2.44. The molecule has 0 unspecified atom stereocenters. The second-order valence-corrected chi connectivity index (χ2v) is 9.18. The summed E-state index contributed by atoms with van der Waals surface area (Å²) in [6.07, 6.45) is -2.04. The molecule has 2 aliphatic heterocycles. The number of amides is 1. The first-order chi connectivity index (χ1) is 14.6. The number of nitrogens with zero attached hydrogens (tertiary/aromatic N) is 3. The Bertz CT molecular complexity index is 983. The molecule has 2 aliphatic rings. The molecule has 4 rings (SSSR count). The van der Waals surface area contributed by atoms with Gasteiger partial charge in [-0.25, -0.2) is 4.68 Å². The second kappa shape index (κ2) is 8.20. The summed E-state index contributed by atoms with van der Waals surface area (Å²) >= 11 is 12.0. The smallest absolute Gasteiger partial charge is 0.363 e. The lowest BCUT2D eigenvalue weighted by atomic mass is 9.96. The summed E-state index contributed by atoms with van der Waals surface area (Å²) in [5, 5.41) is 7.79. The van der Waals surface area contributed by atoms with Crippen molar-refractivity contribution in [1.29, 1.82) is 0 Å². The fourth-order valence-electron chi connectivity index (χ4n) is 4.58. The van der Waals surface area contributed by atoms with E-state index in [4.69, 9.17) is 23.2 Å². The van der Waals surface area contributed by atoms with Gasteiger partial charge in [-0.05, 0) is 50.8 Å². The van der Waals surface area contributed by atoms with Crippen LogP contribution >= 0.6 is 23.2 Å². The molecule has 3 heterocycles. The molecule has 1 saturated heterocycles. The van der Waals surface area contributed by atoms with Gasteiger partial charge in [-0.1, -0.05) is 29.3 Å². The summed E-state index contributed by atoms with van der Waals surface area (Å²) in [6, 6.07) is 3.71. The van der Waals surface area contributed by atoms with Crippen LogP contribution in [0.4, 0.5) is 19.0 Å². The first-order valence-corrected chi connectivity index (χ1v) is 11.0. The molecule has 2 aromatic rings. The number of benzene rings is 1. The third-order valence-corrected chi connectivity index (χ3v) is 6.92. The largest absolute Gasteiger partial charge is 0.410 e. The summed E-state index contributed by atoms with van der Waals surface area (Å²) < 4.78 is 42.6. The molecule has 1 fully saturated rings. The fourth-order valence-corrected chi connectivity index (χ4v) is 4.89. The number of carbonyl (C=O) groups is 1. The van der Waals surface area contributed by atoms with E-state index in [2.05, 4.69) is 10.4 Å². The SMILES string of the molecule is C[C@@H]1CCC[C@H](C)N1C(=O)c1cc2n(n1)[C@H](C(F)(F)F)C[C@@H](c1ccc(Cl)c(Cl)c1)N2. The molecule has 0 saturated carbocycles. The maximum absolute atomic E-state index is 13.9. The predicted octanol–water partition coefficient (Wildman–Crippen LogP) is 6.25. The zero-order valence-corrected chi connectivity index (χ0v) is 18.6. The maximum Gasteiger partial charge on any atom is 0.410 e. The third kappa shape index (κ3) is 4.24. The Morgan fingerprint density at radius 3 is 2.42 bits per heavy atom. The summed E-state index contributed by atoms with van der Waals surface area (Å²) in [6.45, 7) is 3.92. The zero-order valence-electron chi connectivity index (χ0n) is 17.1. The van der Waals surface area contributed by atoms with Crippen LogP contribution in [0, 0.1) is 0 Å². The van der Waals surface area contributed by atoms with E-state index in [-0.39, 0.29) is 40.9 Å². The molecule has 10 heteroatoms. The summed E-state index contributed by atoms with van der Waals surface area (Å²) in [7, 11) is 0. The van der Waals surface area contributed by atoms with E-state index >= 15 is 0 Å². The van der Waals surface area contributed by atoms with Crippen LogP contribution in [0.3, 0.4) is 0 Å². The van der Waals surface area contributed by atoms with Gasteiger partial charge >= 0.3 is 6.18 Å². The van der Waals surface area contributed by atoms with Crippen LogP contribution in [0.5, 0.6) is 0 Å². The van der Waals surface area contributed by atoms with Crippen molar-refractivity contribution in [2.24, 2.45) is 0 Å². The minimum atomic E-state index is -4.52. The number of alkyl halides is 3. The Kier molecular flexibility index (Phi) is 5.89. The van der Waals surface area contributed by atoms with Gasteiger partial charge in [-0.3, -0.25) is 4.79 Å². The molecular formula is C21H23Cl2F3N4O. The van der Waals surface area contributed by atoms with Crippen molar-refractivity contribution >= 4 is 34.9 Å². The average molecular weight is 475 g/mol. The van der Waals surface area contributed by atoms with Gasteiger partial charge in [0.25, 0.3) is 5.91 Å². The summed E-state index contributed by atoms with van der Waals surface area (Å²) in [4.78, 5) is 14.9. The second-order valence-electron chi connectivity index (χ2n) is 8.36. The molecule has 168 valence electrons. The topological polar surface area (TPSA) is 50.2 Å². The Morgan fingerprint density at radius 1 is 1.13 bits per heavy atom. The van der Waals surface area contributed by atoms with Crippen molar-refractivity contribution in [2.75, 3.05) is 5.32 Å². The van der Waals surface area contributed by atoms with Gasteiger partial charge in [0.2, 0.25) is 0 Å². The lowest BCUT2D eigenvalue weighted by molar-refractivity contribution is -0.173. The molecule has 1 amide bonds. The molecule has 5 nitrogen and oxygen atoms in total. The van der Waals surface area contributed by atoms with Crippen molar-refractivity contribution in [1.82, 2.24) is 14.7 Å². The van der Waals surface area contributed by atoms with Gasteiger partial charge < -0.3 is 10.2 Å². The van der Waals surface area contributed by atoms with Crippen molar-refractivity contribution in [3.05, 3.63) is 45.6 Å². The Hall–Kier alpha value is -1.93. The van der Waals surface area contributed by atoms with E-state index < -0.39 is 18.3 Å². The van der Waals surface area contributed by atoms with Crippen molar-refractivity contribution < 1.29 is 18.0 Å².